The van der Waals surface area contributed by atoms with Crippen molar-refractivity contribution >= 4 is 11.9 Å². The molecule has 0 aromatic heterocycles. The molecule has 2 fully saturated rings. The molecule has 0 atom stereocenters. The Labute approximate surface area is 140 Å². The van der Waals surface area contributed by atoms with Crippen LogP contribution in [0.4, 0.5) is 0 Å². The lowest BCUT2D eigenvalue weighted by Gasteiger charge is -2.42. The van der Waals surface area contributed by atoms with Crippen LogP contribution in [0.2, 0.25) is 0 Å². The van der Waals surface area contributed by atoms with Gasteiger partial charge >= 0.3 is 5.97 Å². The number of nitrogens with zero attached hydrogens (tertiary/aromatic N) is 2. The zero-order valence-corrected chi connectivity index (χ0v) is 14.5. The van der Waals surface area contributed by atoms with Gasteiger partial charge in [-0.3, -0.25) is 14.5 Å². The van der Waals surface area contributed by atoms with E-state index in [2.05, 4.69) is 4.90 Å². The van der Waals surface area contributed by atoms with Crippen molar-refractivity contribution < 1.29 is 14.7 Å². The molecule has 1 amide bonds. The highest BCUT2D eigenvalue weighted by molar-refractivity contribution is 5.79. The summed E-state index contributed by atoms with van der Waals surface area (Å²) in [6.45, 7) is 0.782. The first-order valence-corrected chi connectivity index (χ1v) is 9.29. The maximum absolute atomic E-state index is 12.9. The fraction of sp³-hybridized carbons (Fsp3) is 0.889. The number of carboxylic acid groups (broad SMARTS) is 1. The van der Waals surface area contributed by atoms with Crippen molar-refractivity contribution in [3.8, 4) is 0 Å². The SMILES string of the molecule is CN(CCC(=O)O)CC(=O)N(C1CCCCC1)C1CCCCC1. The molecule has 0 aromatic carbocycles. The van der Waals surface area contributed by atoms with Gasteiger partial charge in [0.1, 0.15) is 0 Å². The highest BCUT2D eigenvalue weighted by Crippen LogP contribution is 2.30. The summed E-state index contributed by atoms with van der Waals surface area (Å²) >= 11 is 0. The van der Waals surface area contributed by atoms with Gasteiger partial charge in [0, 0.05) is 18.6 Å². The standard InChI is InChI=1S/C18H32N2O3/c1-19(13-12-18(22)23)14-17(21)20(15-8-4-2-5-9-15)16-10-6-3-7-11-16/h15-16H,2-14H2,1H3,(H,22,23). The van der Waals surface area contributed by atoms with Crippen LogP contribution in [-0.2, 0) is 9.59 Å². The largest absolute Gasteiger partial charge is 0.481 e. The van der Waals surface area contributed by atoms with Crippen LogP contribution in [0.3, 0.4) is 0 Å². The summed E-state index contributed by atoms with van der Waals surface area (Å²) < 4.78 is 0. The van der Waals surface area contributed by atoms with Gasteiger partial charge in [-0.15, -0.1) is 0 Å². The van der Waals surface area contributed by atoms with Crippen molar-refractivity contribution in [1.82, 2.24) is 9.80 Å². The second-order valence-corrected chi connectivity index (χ2v) is 7.27. The maximum atomic E-state index is 12.9. The summed E-state index contributed by atoms with van der Waals surface area (Å²) in [5, 5.41) is 8.79. The summed E-state index contributed by atoms with van der Waals surface area (Å²) in [6, 6.07) is 0.819. The van der Waals surface area contributed by atoms with E-state index in [0.29, 0.717) is 25.2 Å². The monoisotopic (exact) mass is 324 g/mol. The molecule has 0 radical (unpaired) electrons. The van der Waals surface area contributed by atoms with E-state index in [9.17, 15) is 9.59 Å². The van der Waals surface area contributed by atoms with Crippen molar-refractivity contribution in [1.29, 1.82) is 0 Å². The average Bonchev–Trinajstić information content (AvgIpc) is 2.55. The molecular formula is C18H32N2O3. The van der Waals surface area contributed by atoms with Crippen molar-refractivity contribution in [2.45, 2.75) is 82.7 Å². The first-order valence-electron chi connectivity index (χ1n) is 9.29. The Bertz CT molecular complexity index is 370. The minimum Gasteiger partial charge on any atom is -0.481 e. The molecule has 0 saturated heterocycles. The van der Waals surface area contributed by atoms with Crippen molar-refractivity contribution in [3.05, 3.63) is 0 Å². The summed E-state index contributed by atoms with van der Waals surface area (Å²) in [5.74, 6) is -0.600. The zero-order chi connectivity index (χ0) is 16.7. The van der Waals surface area contributed by atoms with E-state index in [1.54, 1.807) is 0 Å². The zero-order valence-electron chi connectivity index (χ0n) is 14.5. The number of likely N-dealkylation sites (N-methyl/N-ethyl adjacent to an activating group) is 1. The molecule has 0 spiro atoms. The van der Waals surface area contributed by atoms with E-state index >= 15 is 0 Å². The van der Waals surface area contributed by atoms with Crippen LogP contribution >= 0.6 is 0 Å². The van der Waals surface area contributed by atoms with Gasteiger partial charge in [-0.05, 0) is 32.7 Å². The maximum Gasteiger partial charge on any atom is 0.304 e. The lowest BCUT2D eigenvalue weighted by molar-refractivity contribution is -0.141. The van der Waals surface area contributed by atoms with Gasteiger partial charge in [-0.1, -0.05) is 38.5 Å². The van der Waals surface area contributed by atoms with Gasteiger partial charge in [-0.2, -0.15) is 0 Å². The molecule has 5 nitrogen and oxygen atoms in total. The average molecular weight is 324 g/mol. The fourth-order valence-corrected chi connectivity index (χ4v) is 4.10. The highest BCUT2D eigenvalue weighted by atomic mass is 16.4. The highest BCUT2D eigenvalue weighted by Gasteiger charge is 2.32. The van der Waals surface area contributed by atoms with Gasteiger partial charge in [0.2, 0.25) is 5.91 Å². The third-order valence-corrected chi connectivity index (χ3v) is 5.34. The second kappa shape index (κ2) is 9.26. The molecule has 1 N–H and O–H groups in total. The molecule has 0 unspecified atom stereocenters. The van der Waals surface area contributed by atoms with E-state index < -0.39 is 5.97 Å². The number of amides is 1. The number of carboxylic acids is 1. The second-order valence-electron chi connectivity index (χ2n) is 7.27. The number of aliphatic carboxylic acids is 1. The quantitative estimate of drug-likeness (QED) is 0.782. The minimum absolute atomic E-state index is 0.0939. The Kier molecular flexibility index (Phi) is 7.34. The van der Waals surface area contributed by atoms with Crippen LogP contribution in [-0.4, -0.2) is 59.0 Å². The molecule has 2 saturated carbocycles. The molecule has 0 aliphatic heterocycles. The molecule has 0 aromatic rings. The van der Waals surface area contributed by atoms with Crippen LogP contribution in [0, 0.1) is 0 Å². The molecule has 2 aliphatic carbocycles. The van der Waals surface area contributed by atoms with Gasteiger partial charge in [0.15, 0.2) is 0 Å². The number of rotatable bonds is 7. The van der Waals surface area contributed by atoms with E-state index in [1.165, 1.54) is 38.5 Å². The normalized spacial score (nSPS) is 20.6. The van der Waals surface area contributed by atoms with Gasteiger partial charge in [0.05, 0.1) is 13.0 Å². The number of hydrogen-bond acceptors (Lipinski definition) is 3. The van der Waals surface area contributed by atoms with Crippen LogP contribution in [0.25, 0.3) is 0 Å². The summed E-state index contributed by atoms with van der Waals surface area (Å²) in [5.41, 5.74) is 0. The topological polar surface area (TPSA) is 60.9 Å². The molecule has 5 heteroatoms. The van der Waals surface area contributed by atoms with Crippen LogP contribution in [0.15, 0.2) is 0 Å². The van der Waals surface area contributed by atoms with Crippen molar-refractivity contribution in [3.63, 3.8) is 0 Å². The van der Waals surface area contributed by atoms with Crippen LogP contribution in [0.1, 0.15) is 70.6 Å². The van der Waals surface area contributed by atoms with Crippen molar-refractivity contribution in [2.75, 3.05) is 20.1 Å². The lowest BCUT2D eigenvalue weighted by atomic mass is 9.88. The number of carbonyl (C=O) groups excluding carboxylic acids is 1. The smallest absolute Gasteiger partial charge is 0.304 e. The van der Waals surface area contributed by atoms with Gasteiger partial charge in [0.25, 0.3) is 0 Å². The molecule has 23 heavy (non-hydrogen) atoms. The summed E-state index contributed by atoms with van der Waals surface area (Å²) in [4.78, 5) is 27.7. The summed E-state index contributed by atoms with van der Waals surface area (Å²) in [7, 11) is 1.85. The predicted molar refractivity (Wildman–Crippen MR) is 90.3 cm³/mol. The number of carbonyl (C=O) groups is 2. The third-order valence-electron chi connectivity index (χ3n) is 5.34. The first-order chi connectivity index (χ1) is 11.1. The van der Waals surface area contributed by atoms with Crippen molar-refractivity contribution in [2.24, 2.45) is 0 Å². The predicted octanol–water partition coefficient (Wildman–Crippen LogP) is 2.89. The fourth-order valence-electron chi connectivity index (χ4n) is 4.10. The van der Waals surface area contributed by atoms with E-state index in [0.717, 1.165) is 25.7 Å². The first kappa shape index (κ1) is 18.2. The Morgan fingerprint density at radius 1 is 0.913 bits per heavy atom. The molecular weight excluding hydrogens is 292 g/mol. The number of hydrogen-bond donors (Lipinski definition) is 1. The Morgan fingerprint density at radius 3 is 1.83 bits per heavy atom. The van der Waals surface area contributed by atoms with Crippen LogP contribution in [0.5, 0.6) is 0 Å². The molecule has 2 aliphatic rings. The molecule has 0 heterocycles. The Balaban J connectivity index is 1.96. The lowest BCUT2D eigenvalue weighted by Crippen LogP contribution is -2.51. The van der Waals surface area contributed by atoms with E-state index in [1.807, 2.05) is 11.9 Å². The van der Waals surface area contributed by atoms with Gasteiger partial charge < -0.3 is 10.0 Å². The minimum atomic E-state index is -0.805. The van der Waals surface area contributed by atoms with Crippen LogP contribution < -0.4 is 0 Å². The van der Waals surface area contributed by atoms with E-state index in [-0.39, 0.29) is 12.3 Å². The Hall–Kier alpha value is -1.10. The molecule has 0 bridgehead atoms. The molecule has 2 rings (SSSR count). The van der Waals surface area contributed by atoms with E-state index in [4.69, 9.17) is 5.11 Å². The third kappa shape index (κ3) is 5.79. The Morgan fingerprint density at radius 2 is 1.39 bits per heavy atom. The van der Waals surface area contributed by atoms with Gasteiger partial charge in [-0.25, -0.2) is 0 Å². The summed E-state index contributed by atoms with van der Waals surface area (Å²) in [6.07, 6.45) is 12.2. The molecule has 132 valence electrons.